The zero-order valence-electron chi connectivity index (χ0n) is 13.8. The second-order valence-corrected chi connectivity index (χ2v) is 7.19. The van der Waals surface area contributed by atoms with Gasteiger partial charge in [-0.05, 0) is 65.5 Å². The third-order valence-electron chi connectivity index (χ3n) is 4.03. The average Bonchev–Trinajstić information content (AvgIpc) is 2.52. The number of aryl methyl sites for hydroxylation is 1. The summed E-state index contributed by atoms with van der Waals surface area (Å²) in [5.41, 5.74) is -3.72. The number of carbonyl (C=O) groups excluding carboxylic acids is 1. The molecule has 2 N–H and O–H groups in total. The molecular weight excluding hydrogens is 426 g/mol. The number of carbonyl (C=O) groups is 1. The molecule has 144 valence electrons. The van der Waals surface area contributed by atoms with Crippen LogP contribution in [0.15, 0.2) is 36.4 Å². The molecule has 0 aliphatic carbocycles. The highest BCUT2D eigenvalue weighted by atomic mass is 35.5. The summed E-state index contributed by atoms with van der Waals surface area (Å²) in [4.78, 5) is 11.3. The van der Waals surface area contributed by atoms with Gasteiger partial charge in [0.1, 0.15) is 0 Å². The second kappa shape index (κ2) is 7.80. The van der Waals surface area contributed by atoms with Gasteiger partial charge in [-0.2, -0.15) is 13.2 Å². The van der Waals surface area contributed by atoms with Crippen molar-refractivity contribution in [3.8, 4) is 0 Å². The van der Waals surface area contributed by atoms with Crippen LogP contribution in [-0.2, 0) is 5.60 Å². The van der Waals surface area contributed by atoms with E-state index in [-0.39, 0.29) is 21.2 Å². The maximum absolute atomic E-state index is 13.7. The maximum atomic E-state index is 13.7. The Labute approximate surface area is 168 Å². The Hall–Kier alpha value is -1.60. The van der Waals surface area contributed by atoms with E-state index >= 15 is 0 Å². The van der Waals surface area contributed by atoms with Gasteiger partial charge < -0.3 is 10.5 Å². The fourth-order valence-corrected chi connectivity index (χ4v) is 3.33. The van der Waals surface area contributed by atoms with Gasteiger partial charge in [-0.15, -0.1) is 0 Å². The van der Waals surface area contributed by atoms with E-state index in [9.17, 15) is 23.1 Å². The third kappa shape index (κ3) is 4.63. The number of aliphatic hydroxyl groups is 1. The van der Waals surface area contributed by atoms with Crippen molar-refractivity contribution in [1.82, 2.24) is 0 Å². The Balaban J connectivity index is 2.46. The Kier molecular flexibility index (Phi) is 6.26. The molecule has 27 heavy (non-hydrogen) atoms. The van der Waals surface area contributed by atoms with Crippen LogP contribution in [0.1, 0.15) is 33.5 Å². The molecule has 2 aromatic carbocycles. The SMILES string of the molecule is Cc1cc(C(=N)CC(O)(c2cc(Cl)cc(Cl)c2)C(F)(F)F)ccc1C(=O)Cl. The molecule has 0 fully saturated rings. The number of hydrogen-bond acceptors (Lipinski definition) is 3. The van der Waals surface area contributed by atoms with Crippen LogP contribution in [-0.4, -0.2) is 22.2 Å². The highest BCUT2D eigenvalue weighted by molar-refractivity contribution is 6.67. The molecule has 1 atom stereocenters. The van der Waals surface area contributed by atoms with E-state index in [1.165, 1.54) is 24.3 Å². The molecule has 0 heterocycles. The van der Waals surface area contributed by atoms with Crippen molar-refractivity contribution >= 4 is 45.8 Å². The van der Waals surface area contributed by atoms with Crippen LogP contribution in [0.5, 0.6) is 0 Å². The van der Waals surface area contributed by atoms with Crippen molar-refractivity contribution in [2.24, 2.45) is 0 Å². The van der Waals surface area contributed by atoms with Gasteiger partial charge >= 0.3 is 6.18 Å². The Morgan fingerprint density at radius 3 is 2.11 bits per heavy atom. The number of rotatable bonds is 5. The first kappa shape index (κ1) is 21.7. The zero-order chi connectivity index (χ0) is 20.6. The standard InChI is InChI=1S/C18H13Cl3F3NO2/c1-9-4-10(2-3-14(9)16(21)26)15(25)8-17(27,18(22,23)24)11-5-12(19)7-13(20)6-11/h2-7,25,27H,8H2,1H3. The van der Waals surface area contributed by atoms with E-state index < -0.39 is 34.7 Å². The Bertz CT molecular complexity index is 895. The number of halogens is 6. The van der Waals surface area contributed by atoms with Crippen molar-refractivity contribution in [3.05, 3.63) is 68.7 Å². The van der Waals surface area contributed by atoms with E-state index in [1.54, 1.807) is 6.92 Å². The van der Waals surface area contributed by atoms with Crippen LogP contribution in [0.25, 0.3) is 0 Å². The Morgan fingerprint density at radius 1 is 1.11 bits per heavy atom. The van der Waals surface area contributed by atoms with Crippen molar-refractivity contribution in [2.45, 2.75) is 25.1 Å². The predicted octanol–water partition coefficient (Wildman–Crippen LogP) is 5.89. The minimum atomic E-state index is -5.09. The summed E-state index contributed by atoms with van der Waals surface area (Å²) in [5, 5.41) is 17.6. The van der Waals surface area contributed by atoms with Gasteiger partial charge in [0.05, 0.1) is 0 Å². The minimum absolute atomic E-state index is 0.0764. The van der Waals surface area contributed by atoms with Gasteiger partial charge in [0, 0.05) is 27.7 Å². The molecule has 9 heteroatoms. The lowest BCUT2D eigenvalue weighted by Gasteiger charge is -2.31. The van der Waals surface area contributed by atoms with Gasteiger partial charge in [-0.25, -0.2) is 0 Å². The first-order valence-electron chi connectivity index (χ1n) is 7.49. The summed E-state index contributed by atoms with van der Waals surface area (Å²) >= 11 is 16.9. The smallest absolute Gasteiger partial charge is 0.376 e. The summed E-state index contributed by atoms with van der Waals surface area (Å²) in [5.74, 6) is 0. The minimum Gasteiger partial charge on any atom is -0.376 e. The van der Waals surface area contributed by atoms with Crippen molar-refractivity contribution < 1.29 is 23.1 Å². The molecular formula is C18H13Cl3F3NO2. The first-order chi connectivity index (χ1) is 12.3. The number of nitrogens with one attached hydrogen (secondary N) is 1. The number of benzene rings is 2. The monoisotopic (exact) mass is 437 g/mol. The van der Waals surface area contributed by atoms with Gasteiger partial charge in [-0.3, -0.25) is 4.79 Å². The van der Waals surface area contributed by atoms with Crippen LogP contribution in [0.3, 0.4) is 0 Å². The van der Waals surface area contributed by atoms with E-state index in [0.717, 1.165) is 12.1 Å². The lowest BCUT2D eigenvalue weighted by molar-refractivity contribution is -0.263. The molecule has 0 aliphatic heterocycles. The third-order valence-corrected chi connectivity index (χ3v) is 4.67. The van der Waals surface area contributed by atoms with Gasteiger partial charge in [0.25, 0.3) is 5.24 Å². The summed E-state index contributed by atoms with van der Waals surface area (Å²) in [7, 11) is 0. The normalized spacial score (nSPS) is 13.9. The molecule has 0 aliphatic rings. The van der Waals surface area contributed by atoms with E-state index in [0.29, 0.717) is 5.56 Å². The van der Waals surface area contributed by atoms with Crippen LogP contribution in [0.2, 0.25) is 10.0 Å². The molecule has 0 spiro atoms. The zero-order valence-corrected chi connectivity index (χ0v) is 16.1. The van der Waals surface area contributed by atoms with Gasteiger partial charge in [-0.1, -0.05) is 29.3 Å². The molecule has 0 saturated carbocycles. The van der Waals surface area contributed by atoms with Gasteiger partial charge in [0.15, 0.2) is 5.60 Å². The van der Waals surface area contributed by atoms with Crippen LogP contribution in [0, 0.1) is 12.3 Å². The number of hydrogen-bond donors (Lipinski definition) is 2. The van der Waals surface area contributed by atoms with E-state index in [1.807, 2.05) is 0 Å². The summed E-state index contributed by atoms with van der Waals surface area (Å²) in [6.07, 6.45) is -6.16. The summed E-state index contributed by atoms with van der Waals surface area (Å²) < 4.78 is 41.1. The predicted molar refractivity (Wildman–Crippen MR) is 99.2 cm³/mol. The highest BCUT2D eigenvalue weighted by Crippen LogP contribution is 2.43. The van der Waals surface area contributed by atoms with Gasteiger partial charge in [0.2, 0.25) is 0 Å². The van der Waals surface area contributed by atoms with Crippen molar-refractivity contribution in [1.29, 1.82) is 5.41 Å². The highest BCUT2D eigenvalue weighted by Gasteiger charge is 2.55. The lowest BCUT2D eigenvalue weighted by atomic mass is 9.85. The number of alkyl halides is 3. The first-order valence-corrected chi connectivity index (χ1v) is 8.62. The topological polar surface area (TPSA) is 61.1 Å². The largest absolute Gasteiger partial charge is 0.421 e. The molecule has 3 nitrogen and oxygen atoms in total. The molecule has 2 rings (SSSR count). The second-order valence-electron chi connectivity index (χ2n) is 5.97. The van der Waals surface area contributed by atoms with E-state index in [4.69, 9.17) is 40.2 Å². The molecule has 0 radical (unpaired) electrons. The summed E-state index contributed by atoms with van der Waals surface area (Å²) in [6.45, 7) is 1.54. The Morgan fingerprint density at radius 2 is 1.67 bits per heavy atom. The molecule has 0 bridgehead atoms. The van der Waals surface area contributed by atoms with Crippen LogP contribution >= 0.6 is 34.8 Å². The fraction of sp³-hybridized carbons (Fsp3) is 0.222. The molecule has 0 amide bonds. The van der Waals surface area contributed by atoms with Crippen molar-refractivity contribution in [3.63, 3.8) is 0 Å². The van der Waals surface area contributed by atoms with Crippen molar-refractivity contribution in [2.75, 3.05) is 0 Å². The maximum Gasteiger partial charge on any atom is 0.421 e. The summed E-state index contributed by atoms with van der Waals surface area (Å²) in [6, 6.07) is 7.12. The molecule has 1 unspecified atom stereocenters. The average molecular weight is 439 g/mol. The molecule has 0 saturated heterocycles. The quantitative estimate of drug-likeness (QED) is 0.452. The molecule has 0 aromatic heterocycles. The van der Waals surface area contributed by atoms with Crippen LogP contribution < -0.4 is 0 Å². The molecule has 2 aromatic rings. The van der Waals surface area contributed by atoms with Crippen LogP contribution in [0.4, 0.5) is 13.2 Å². The van der Waals surface area contributed by atoms with E-state index in [2.05, 4.69) is 0 Å². The lowest BCUT2D eigenvalue weighted by Crippen LogP contribution is -2.44. The fourth-order valence-electron chi connectivity index (χ4n) is 2.59.